The highest BCUT2D eigenvalue weighted by atomic mass is 16.5. The highest BCUT2D eigenvalue weighted by Crippen LogP contribution is 2.33. The number of hydrogen-bond acceptors (Lipinski definition) is 5. The maximum absolute atomic E-state index is 11.7. The van der Waals surface area contributed by atoms with Crippen LogP contribution in [0.4, 0.5) is 0 Å². The summed E-state index contributed by atoms with van der Waals surface area (Å²) in [6.07, 6.45) is 7.49. The molecule has 2 aliphatic rings. The van der Waals surface area contributed by atoms with Gasteiger partial charge in [0.2, 0.25) is 0 Å². The molecule has 0 saturated heterocycles. The number of carboxylic acid groups (broad SMARTS) is 1. The van der Waals surface area contributed by atoms with Gasteiger partial charge in [-0.05, 0) is 31.5 Å². The minimum Gasteiger partial charge on any atom is -0.479 e. The van der Waals surface area contributed by atoms with Crippen molar-refractivity contribution in [1.82, 2.24) is 10.6 Å². The van der Waals surface area contributed by atoms with Gasteiger partial charge >= 0.3 is 11.9 Å². The van der Waals surface area contributed by atoms with Crippen LogP contribution in [-0.2, 0) is 14.3 Å². The molecule has 1 aliphatic carbocycles. The molecule has 6 heteroatoms. The molecule has 1 saturated carbocycles. The van der Waals surface area contributed by atoms with Crippen molar-refractivity contribution in [2.75, 3.05) is 13.7 Å². The van der Waals surface area contributed by atoms with Crippen LogP contribution < -0.4 is 10.6 Å². The van der Waals surface area contributed by atoms with Gasteiger partial charge in [-0.15, -0.1) is 0 Å². The number of hydrogen-bond donors (Lipinski definition) is 3. The second-order valence-corrected chi connectivity index (χ2v) is 5.60. The van der Waals surface area contributed by atoms with Gasteiger partial charge in [0.25, 0.3) is 0 Å². The fourth-order valence-electron chi connectivity index (χ4n) is 2.52. The van der Waals surface area contributed by atoms with E-state index in [1.54, 1.807) is 6.20 Å². The van der Waals surface area contributed by atoms with Crippen molar-refractivity contribution in [3.8, 4) is 0 Å². The minimum atomic E-state index is -0.937. The lowest BCUT2D eigenvalue weighted by Gasteiger charge is -2.26. The highest BCUT2D eigenvalue weighted by molar-refractivity contribution is 5.80. The maximum atomic E-state index is 11.7. The van der Waals surface area contributed by atoms with E-state index >= 15 is 0 Å². The van der Waals surface area contributed by atoms with E-state index < -0.39 is 11.5 Å². The molecule has 0 aromatic heterocycles. The van der Waals surface area contributed by atoms with Crippen LogP contribution in [0.15, 0.2) is 12.3 Å². The van der Waals surface area contributed by atoms with Gasteiger partial charge in [-0.1, -0.05) is 18.9 Å². The Morgan fingerprint density at radius 1 is 1.55 bits per heavy atom. The Hall–Kier alpha value is -1.56. The summed E-state index contributed by atoms with van der Waals surface area (Å²) in [5.41, 5.74) is -0.937. The predicted octanol–water partition coefficient (Wildman–Crippen LogP) is 0.638. The molecule has 6 nitrogen and oxygen atoms in total. The second kappa shape index (κ2) is 6.26. The first-order valence-corrected chi connectivity index (χ1v) is 7.05. The summed E-state index contributed by atoms with van der Waals surface area (Å²) < 4.78 is 4.79. The van der Waals surface area contributed by atoms with E-state index in [2.05, 4.69) is 10.6 Å². The topological polar surface area (TPSA) is 87.7 Å². The molecule has 0 bridgehead atoms. The Balaban J connectivity index is 1.82. The normalized spacial score (nSPS) is 26.1. The van der Waals surface area contributed by atoms with Gasteiger partial charge in [0.05, 0.1) is 7.11 Å². The van der Waals surface area contributed by atoms with Crippen molar-refractivity contribution in [3.63, 3.8) is 0 Å². The molecule has 0 spiro atoms. The lowest BCUT2D eigenvalue weighted by atomic mass is 9.93. The van der Waals surface area contributed by atoms with Crippen LogP contribution in [-0.4, -0.2) is 42.3 Å². The largest absolute Gasteiger partial charge is 0.479 e. The van der Waals surface area contributed by atoms with Crippen molar-refractivity contribution >= 4 is 11.9 Å². The number of carbonyl (C=O) groups excluding carboxylic acids is 1. The molecule has 1 unspecified atom stereocenters. The summed E-state index contributed by atoms with van der Waals surface area (Å²) in [6.45, 7) is 0.466. The molecule has 0 aromatic rings. The quantitative estimate of drug-likeness (QED) is 0.566. The number of nitrogens with one attached hydrogen (secondary N) is 2. The number of aliphatic carboxylic acids is 1. The first kappa shape index (κ1) is 14.8. The molecule has 1 aliphatic heterocycles. The average molecular weight is 282 g/mol. The van der Waals surface area contributed by atoms with Crippen molar-refractivity contribution in [3.05, 3.63) is 12.3 Å². The van der Waals surface area contributed by atoms with Gasteiger partial charge in [-0.2, -0.15) is 0 Å². The summed E-state index contributed by atoms with van der Waals surface area (Å²) >= 11 is 0. The van der Waals surface area contributed by atoms with Crippen LogP contribution in [0.3, 0.4) is 0 Å². The van der Waals surface area contributed by atoms with E-state index in [0.717, 1.165) is 6.42 Å². The summed E-state index contributed by atoms with van der Waals surface area (Å²) in [6, 6.07) is -0.326. The molecule has 0 radical (unpaired) electrons. The Bertz CT molecular complexity index is 396. The number of carboxylic acids is 1. The fraction of sp³-hybridized carbons (Fsp3) is 0.714. The summed E-state index contributed by atoms with van der Waals surface area (Å²) in [7, 11) is 1.38. The zero-order valence-electron chi connectivity index (χ0n) is 11.7. The van der Waals surface area contributed by atoms with Crippen LogP contribution in [0.1, 0.15) is 32.1 Å². The van der Waals surface area contributed by atoms with E-state index in [0.29, 0.717) is 25.3 Å². The number of esters is 1. The van der Waals surface area contributed by atoms with Gasteiger partial charge in [0, 0.05) is 6.42 Å². The third-order valence-electron chi connectivity index (χ3n) is 4.05. The fourth-order valence-corrected chi connectivity index (χ4v) is 2.52. The van der Waals surface area contributed by atoms with E-state index in [1.807, 2.05) is 6.08 Å². The molecule has 112 valence electrons. The Morgan fingerprint density at radius 2 is 2.30 bits per heavy atom. The van der Waals surface area contributed by atoms with E-state index in [9.17, 15) is 14.7 Å². The van der Waals surface area contributed by atoms with Gasteiger partial charge in [-0.25, -0.2) is 4.79 Å². The summed E-state index contributed by atoms with van der Waals surface area (Å²) in [5, 5.41) is 15.4. The second-order valence-electron chi connectivity index (χ2n) is 5.60. The zero-order valence-corrected chi connectivity index (χ0v) is 11.7. The maximum Gasteiger partial charge on any atom is 0.329 e. The number of carbonyl (C=O) groups is 2. The molecule has 0 aromatic carbocycles. The molecule has 3 N–H and O–H groups in total. The third-order valence-corrected chi connectivity index (χ3v) is 4.05. The van der Waals surface area contributed by atoms with E-state index in [4.69, 9.17) is 4.74 Å². The smallest absolute Gasteiger partial charge is 0.329 e. The molecular weight excluding hydrogens is 260 g/mol. The molecule has 2 atom stereocenters. The standard InChI is InChI=1S/C14H22N2O4/c1-20-12(17)11(9-10-3-4-10)15-8-6-14(13(18)19)5-2-7-16-14/h2,7,10-11,15-16H,3-6,8-9H2,1H3,(H,18,19)/t11-,14?/m0/s1. The first-order valence-electron chi connectivity index (χ1n) is 7.05. The van der Waals surface area contributed by atoms with Crippen molar-refractivity contribution in [1.29, 1.82) is 0 Å². The third kappa shape index (κ3) is 3.50. The summed E-state index contributed by atoms with van der Waals surface area (Å²) in [4.78, 5) is 23.0. The molecule has 1 fully saturated rings. The Kier molecular flexibility index (Phi) is 4.65. The lowest BCUT2D eigenvalue weighted by molar-refractivity contribution is -0.144. The van der Waals surface area contributed by atoms with Crippen LogP contribution >= 0.6 is 0 Å². The molecule has 1 heterocycles. The first-order chi connectivity index (χ1) is 9.57. The molecule has 2 rings (SSSR count). The monoisotopic (exact) mass is 282 g/mol. The van der Waals surface area contributed by atoms with Crippen molar-refractivity contribution in [2.24, 2.45) is 5.92 Å². The number of rotatable bonds is 8. The predicted molar refractivity (Wildman–Crippen MR) is 73.0 cm³/mol. The van der Waals surface area contributed by atoms with Gasteiger partial charge in [0.15, 0.2) is 0 Å². The molecular formula is C14H22N2O4. The van der Waals surface area contributed by atoms with Crippen LogP contribution in [0.2, 0.25) is 0 Å². The number of methoxy groups -OCH3 is 1. The average Bonchev–Trinajstić information content (AvgIpc) is 3.12. The molecule has 20 heavy (non-hydrogen) atoms. The van der Waals surface area contributed by atoms with Gasteiger partial charge in [-0.3, -0.25) is 4.79 Å². The van der Waals surface area contributed by atoms with Gasteiger partial charge in [0.1, 0.15) is 11.6 Å². The van der Waals surface area contributed by atoms with Crippen molar-refractivity contribution < 1.29 is 19.4 Å². The highest BCUT2D eigenvalue weighted by Gasteiger charge is 2.39. The van der Waals surface area contributed by atoms with Crippen LogP contribution in [0.5, 0.6) is 0 Å². The van der Waals surface area contributed by atoms with Gasteiger partial charge < -0.3 is 20.5 Å². The minimum absolute atomic E-state index is 0.265. The summed E-state index contributed by atoms with van der Waals surface area (Å²) in [5.74, 6) is -0.522. The van der Waals surface area contributed by atoms with E-state index in [1.165, 1.54) is 20.0 Å². The Labute approximate surface area is 118 Å². The lowest BCUT2D eigenvalue weighted by Crippen LogP contribution is -2.50. The van der Waals surface area contributed by atoms with Crippen molar-refractivity contribution in [2.45, 2.75) is 43.7 Å². The van der Waals surface area contributed by atoms with Crippen LogP contribution in [0.25, 0.3) is 0 Å². The van der Waals surface area contributed by atoms with Crippen LogP contribution in [0, 0.1) is 5.92 Å². The SMILES string of the molecule is COC(=O)[C@H](CC1CC1)NCCC1(C(=O)O)CC=CN1. The number of ether oxygens (including phenoxy) is 1. The Morgan fingerprint density at radius 3 is 2.80 bits per heavy atom. The zero-order chi connectivity index (χ0) is 14.6. The van der Waals surface area contributed by atoms with E-state index in [-0.39, 0.29) is 12.0 Å². The molecule has 0 amide bonds.